The van der Waals surface area contributed by atoms with Crippen LogP contribution < -0.4 is 4.74 Å². The van der Waals surface area contributed by atoms with Gasteiger partial charge in [-0.3, -0.25) is 0 Å². The van der Waals surface area contributed by atoms with E-state index in [-0.39, 0.29) is 6.10 Å². The van der Waals surface area contributed by atoms with Gasteiger partial charge in [0.05, 0.1) is 0 Å². The van der Waals surface area contributed by atoms with Crippen molar-refractivity contribution < 1.29 is 4.74 Å². The molecule has 3 rings (SSSR count). The van der Waals surface area contributed by atoms with Crippen molar-refractivity contribution in [2.75, 3.05) is 0 Å². The maximum atomic E-state index is 6.20. The third-order valence-electron chi connectivity index (χ3n) is 4.03. The molecule has 0 amide bonds. The summed E-state index contributed by atoms with van der Waals surface area (Å²) >= 11 is 0. The molecule has 98 valence electrons. The van der Waals surface area contributed by atoms with Crippen LogP contribution in [-0.4, -0.2) is 0 Å². The summed E-state index contributed by atoms with van der Waals surface area (Å²) in [5, 5.41) is 0. The molecule has 2 aromatic rings. The predicted molar refractivity (Wildman–Crippen MR) is 78.4 cm³/mol. The van der Waals surface area contributed by atoms with Gasteiger partial charge < -0.3 is 4.74 Å². The zero-order chi connectivity index (χ0) is 13.2. The van der Waals surface area contributed by atoms with E-state index in [4.69, 9.17) is 4.74 Å². The molecule has 0 aromatic heterocycles. The first-order valence-electron chi connectivity index (χ1n) is 7.06. The van der Waals surface area contributed by atoms with E-state index in [0.29, 0.717) is 11.8 Å². The van der Waals surface area contributed by atoms with Crippen LogP contribution in [0.4, 0.5) is 0 Å². The quantitative estimate of drug-likeness (QED) is 0.734. The molecule has 0 N–H and O–H groups in total. The Morgan fingerprint density at radius 2 is 1.63 bits per heavy atom. The summed E-state index contributed by atoms with van der Waals surface area (Å²) in [4.78, 5) is 0. The summed E-state index contributed by atoms with van der Waals surface area (Å²) < 4.78 is 6.20. The number of rotatable bonds is 2. The van der Waals surface area contributed by atoms with E-state index in [2.05, 4.69) is 68.4 Å². The molecule has 1 aliphatic rings. The smallest absolute Gasteiger partial charge is 0.124 e. The molecule has 0 bridgehead atoms. The third kappa shape index (κ3) is 2.37. The van der Waals surface area contributed by atoms with Crippen molar-refractivity contribution in [3.63, 3.8) is 0 Å². The third-order valence-corrected chi connectivity index (χ3v) is 4.03. The fraction of sp³-hybridized carbons (Fsp3) is 0.333. The molecule has 19 heavy (non-hydrogen) atoms. The van der Waals surface area contributed by atoms with Gasteiger partial charge in [0.25, 0.3) is 0 Å². The number of para-hydroxylation sites is 1. The first-order chi connectivity index (χ1) is 9.25. The molecular weight excluding hydrogens is 232 g/mol. The number of ether oxygens (including phenoxy) is 1. The molecule has 0 spiro atoms. The number of hydrogen-bond donors (Lipinski definition) is 0. The molecule has 0 aliphatic carbocycles. The zero-order valence-corrected chi connectivity index (χ0v) is 11.5. The second-order valence-electron chi connectivity index (χ2n) is 5.64. The monoisotopic (exact) mass is 252 g/mol. The SMILES string of the molecule is CC(C)C1CC(c2ccccc2)Oc2ccccc21. The van der Waals surface area contributed by atoms with Crippen LogP contribution in [0.5, 0.6) is 5.75 Å². The Labute approximate surface area is 115 Å². The first kappa shape index (κ1) is 12.3. The minimum Gasteiger partial charge on any atom is -0.485 e. The minimum atomic E-state index is 0.184. The summed E-state index contributed by atoms with van der Waals surface area (Å²) in [6.45, 7) is 4.60. The summed E-state index contributed by atoms with van der Waals surface area (Å²) in [6.07, 6.45) is 1.25. The Morgan fingerprint density at radius 3 is 2.37 bits per heavy atom. The van der Waals surface area contributed by atoms with E-state index in [0.717, 1.165) is 12.2 Å². The highest BCUT2D eigenvalue weighted by Crippen LogP contribution is 2.44. The molecular formula is C18H20O. The van der Waals surface area contributed by atoms with Crippen LogP contribution in [0.25, 0.3) is 0 Å². The molecule has 1 heteroatoms. The Bertz CT molecular complexity index is 545. The fourth-order valence-electron chi connectivity index (χ4n) is 2.96. The van der Waals surface area contributed by atoms with Crippen LogP contribution >= 0.6 is 0 Å². The molecule has 1 aliphatic heterocycles. The van der Waals surface area contributed by atoms with E-state index < -0.39 is 0 Å². The molecule has 0 saturated carbocycles. The standard InChI is InChI=1S/C18H20O/c1-13(2)16-12-18(14-8-4-3-5-9-14)19-17-11-7-6-10-15(16)17/h3-11,13,16,18H,12H2,1-2H3. The summed E-state index contributed by atoms with van der Waals surface area (Å²) in [5.74, 6) is 2.27. The normalized spacial score (nSPS) is 21.8. The Morgan fingerprint density at radius 1 is 0.947 bits per heavy atom. The molecule has 2 unspecified atom stereocenters. The van der Waals surface area contributed by atoms with Gasteiger partial charge in [0.15, 0.2) is 0 Å². The average molecular weight is 252 g/mol. The van der Waals surface area contributed by atoms with Gasteiger partial charge in [0.1, 0.15) is 11.9 Å². The Hall–Kier alpha value is -1.76. The highest BCUT2D eigenvalue weighted by molar-refractivity contribution is 5.39. The van der Waals surface area contributed by atoms with Crippen LogP contribution in [0.1, 0.15) is 43.4 Å². The lowest BCUT2D eigenvalue weighted by Crippen LogP contribution is -2.22. The predicted octanol–water partition coefficient (Wildman–Crippen LogP) is 4.95. The van der Waals surface area contributed by atoms with Gasteiger partial charge in [-0.15, -0.1) is 0 Å². The second-order valence-corrected chi connectivity index (χ2v) is 5.64. The summed E-state index contributed by atoms with van der Waals surface area (Å²) in [7, 11) is 0. The largest absolute Gasteiger partial charge is 0.485 e. The molecule has 1 nitrogen and oxygen atoms in total. The highest BCUT2D eigenvalue weighted by atomic mass is 16.5. The molecule has 0 saturated heterocycles. The molecule has 0 radical (unpaired) electrons. The first-order valence-corrected chi connectivity index (χ1v) is 7.06. The van der Waals surface area contributed by atoms with Crippen molar-refractivity contribution in [2.45, 2.75) is 32.3 Å². The van der Waals surface area contributed by atoms with Crippen LogP contribution in [0.2, 0.25) is 0 Å². The topological polar surface area (TPSA) is 9.23 Å². The lowest BCUT2D eigenvalue weighted by Gasteiger charge is -2.34. The number of hydrogen-bond acceptors (Lipinski definition) is 1. The maximum absolute atomic E-state index is 6.20. The van der Waals surface area contributed by atoms with Gasteiger partial charge in [-0.1, -0.05) is 62.4 Å². The van der Waals surface area contributed by atoms with Crippen molar-refractivity contribution in [1.29, 1.82) is 0 Å². The van der Waals surface area contributed by atoms with Crippen molar-refractivity contribution in [2.24, 2.45) is 5.92 Å². The summed E-state index contributed by atoms with van der Waals surface area (Å²) in [5.41, 5.74) is 2.65. The van der Waals surface area contributed by atoms with Crippen molar-refractivity contribution in [3.05, 3.63) is 65.7 Å². The lowest BCUT2D eigenvalue weighted by atomic mass is 9.80. The van der Waals surface area contributed by atoms with Crippen LogP contribution in [0.15, 0.2) is 54.6 Å². The van der Waals surface area contributed by atoms with E-state index in [1.54, 1.807) is 0 Å². The van der Waals surface area contributed by atoms with Crippen LogP contribution in [-0.2, 0) is 0 Å². The van der Waals surface area contributed by atoms with Crippen LogP contribution in [0.3, 0.4) is 0 Å². The van der Waals surface area contributed by atoms with E-state index in [9.17, 15) is 0 Å². The van der Waals surface area contributed by atoms with Crippen LogP contribution in [0, 0.1) is 5.92 Å². The van der Waals surface area contributed by atoms with Gasteiger partial charge in [-0.2, -0.15) is 0 Å². The lowest BCUT2D eigenvalue weighted by molar-refractivity contribution is 0.148. The van der Waals surface area contributed by atoms with Gasteiger partial charge in [-0.05, 0) is 35.4 Å². The maximum Gasteiger partial charge on any atom is 0.124 e. The van der Waals surface area contributed by atoms with Gasteiger partial charge in [0, 0.05) is 0 Å². The van der Waals surface area contributed by atoms with E-state index >= 15 is 0 Å². The van der Waals surface area contributed by atoms with Crippen molar-refractivity contribution in [3.8, 4) is 5.75 Å². The van der Waals surface area contributed by atoms with Crippen molar-refractivity contribution >= 4 is 0 Å². The second kappa shape index (κ2) is 5.08. The number of benzene rings is 2. The zero-order valence-electron chi connectivity index (χ0n) is 11.5. The highest BCUT2D eigenvalue weighted by Gasteiger charge is 2.30. The number of fused-ring (bicyclic) bond motifs is 1. The van der Waals surface area contributed by atoms with Crippen molar-refractivity contribution in [1.82, 2.24) is 0 Å². The minimum absolute atomic E-state index is 0.184. The van der Waals surface area contributed by atoms with Gasteiger partial charge in [-0.25, -0.2) is 0 Å². The fourth-order valence-corrected chi connectivity index (χ4v) is 2.96. The van der Waals surface area contributed by atoms with E-state index in [1.165, 1.54) is 11.1 Å². The molecule has 1 heterocycles. The molecule has 0 fully saturated rings. The van der Waals surface area contributed by atoms with Gasteiger partial charge >= 0.3 is 0 Å². The molecule has 2 atom stereocenters. The average Bonchev–Trinajstić information content (AvgIpc) is 2.47. The summed E-state index contributed by atoms with van der Waals surface area (Å²) in [6, 6.07) is 19.0. The van der Waals surface area contributed by atoms with E-state index in [1.807, 2.05) is 0 Å². The Balaban J connectivity index is 1.97. The van der Waals surface area contributed by atoms with Gasteiger partial charge in [0.2, 0.25) is 0 Å². The molecule has 2 aromatic carbocycles. The Kier molecular flexibility index (Phi) is 3.29.